The molecule has 2 aromatic rings. The molecular weight excluding hydrogens is 196 g/mol. The maximum atomic E-state index is 11.4. The zero-order chi connectivity index (χ0) is 10.7. The molecule has 2 aromatic heterocycles. The van der Waals surface area contributed by atoms with Crippen LogP contribution in [0.2, 0.25) is 0 Å². The minimum Gasteiger partial charge on any atom is -0.361 e. The Hall–Kier alpha value is -2.11. The monoisotopic (exact) mass is 206 g/mol. The number of rotatable bonds is 2. The SMILES string of the molecule is Cc1cc(CNC(=O)n2ccnc2)no1. The number of hydrogen-bond acceptors (Lipinski definition) is 4. The molecule has 1 amide bonds. The molecular formula is C9H10N4O2. The van der Waals surface area contributed by atoms with Crippen molar-refractivity contribution < 1.29 is 9.32 Å². The van der Waals surface area contributed by atoms with Crippen molar-refractivity contribution in [3.63, 3.8) is 0 Å². The van der Waals surface area contributed by atoms with Gasteiger partial charge in [0.25, 0.3) is 0 Å². The molecule has 0 saturated carbocycles. The largest absolute Gasteiger partial charge is 0.361 e. The number of nitrogens with zero attached hydrogens (tertiary/aromatic N) is 3. The Bertz CT molecular complexity index is 446. The highest BCUT2D eigenvalue weighted by Crippen LogP contribution is 2.00. The molecule has 1 N–H and O–H groups in total. The summed E-state index contributed by atoms with van der Waals surface area (Å²) in [6, 6.07) is 1.53. The molecule has 15 heavy (non-hydrogen) atoms. The van der Waals surface area contributed by atoms with Crippen LogP contribution in [0.5, 0.6) is 0 Å². The maximum absolute atomic E-state index is 11.4. The molecule has 6 nitrogen and oxygen atoms in total. The van der Waals surface area contributed by atoms with Crippen molar-refractivity contribution in [1.82, 2.24) is 20.0 Å². The minimum atomic E-state index is -0.242. The fraction of sp³-hybridized carbons (Fsp3) is 0.222. The standard InChI is InChI=1S/C9H10N4O2/c1-7-4-8(12-15-7)5-11-9(14)13-3-2-10-6-13/h2-4,6H,5H2,1H3,(H,11,14). The molecule has 78 valence electrons. The third-order valence-electron chi connectivity index (χ3n) is 1.84. The van der Waals surface area contributed by atoms with Crippen LogP contribution in [0.4, 0.5) is 4.79 Å². The van der Waals surface area contributed by atoms with Crippen molar-refractivity contribution in [3.8, 4) is 0 Å². The molecule has 0 bridgehead atoms. The normalized spacial score (nSPS) is 10.2. The van der Waals surface area contributed by atoms with Gasteiger partial charge in [0, 0.05) is 18.5 Å². The highest BCUT2D eigenvalue weighted by atomic mass is 16.5. The highest BCUT2D eigenvalue weighted by molar-refractivity contribution is 5.76. The fourth-order valence-electron chi connectivity index (χ4n) is 1.14. The lowest BCUT2D eigenvalue weighted by molar-refractivity contribution is 0.241. The van der Waals surface area contributed by atoms with E-state index in [2.05, 4.69) is 15.5 Å². The number of hydrogen-bond donors (Lipinski definition) is 1. The average molecular weight is 206 g/mol. The molecule has 0 aliphatic heterocycles. The average Bonchev–Trinajstić information content (AvgIpc) is 2.84. The van der Waals surface area contributed by atoms with E-state index in [1.165, 1.54) is 10.9 Å². The Morgan fingerprint density at radius 3 is 3.13 bits per heavy atom. The van der Waals surface area contributed by atoms with Gasteiger partial charge < -0.3 is 9.84 Å². The van der Waals surface area contributed by atoms with Crippen molar-refractivity contribution in [2.45, 2.75) is 13.5 Å². The number of nitrogens with one attached hydrogen (secondary N) is 1. The van der Waals surface area contributed by atoms with Gasteiger partial charge in [0.2, 0.25) is 0 Å². The third-order valence-corrected chi connectivity index (χ3v) is 1.84. The molecule has 0 radical (unpaired) electrons. The van der Waals surface area contributed by atoms with Crippen LogP contribution in [0.25, 0.3) is 0 Å². The summed E-state index contributed by atoms with van der Waals surface area (Å²) in [5.41, 5.74) is 0.695. The van der Waals surface area contributed by atoms with E-state index in [1.807, 2.05) is 0 Å². The predicted octanol–water partition coefficient (Wildman–Crippen LogP) is 0.937. The topological polar surface area (TPSA) is 73.0 Å². The van der Waals surface area contributed by atoms with Gasteiger partial charge in [-0.1, -0.05) is 5.16 Å². The first-order valence-corrected chi connectivity index (χ1v) is 4.44. The molecule has 0 aliphatic rings. The molecule has 6 heteroatoms. The second-order valence-electron chi connectivity index (χ2n) is 3.06. The van der Waals surface area contributed by atoms with Crippen molar-refractivity contribution >= 4 is 6.03 Å². The summed E-state index contributed by atoms with van der Waals surface area (Å²) in [6.45, 7) is 2.14. The lowest BCUT2D eigenvalue weighted by atomic mass is 10.4. The highest BCUT2D eigenvalue weighted by Gasteiger charge is 2.04. The summed E-state index contributed by atoms with van der Waals surface area (Å²) in [5.74, 6) is 0.724. The Morgan fingerprint density at radius 2 is 2.53 bits per heavy atom. The number of imidazole rings is 1. The molecule has 0 spiro atoms. The predicted molar refractivity (Wildman–Crippen MR) is 51.1 cm³/mol. The Kier molecular flexibility index (Phi) is 2.49. The zero-order valence-corrected chi connectivity index (χ0v) is 8.17. The molecule has 0 unspecified atom stereocenters. The van der Waals surface area contributed by atoms with Gasteiger partial charge in [0.1, 0.15) is 17.8 Å². The lowest BCUT2D eigenvalue weighted by Crippen LogP contribution is -2.27. The van der Waals surface area contributed by atoms with Crippen LogP contribution in [-0.4, -0.2) is 20.7 Å². The van der Waals surface area contributed by atoms with Gasteiger partial charge in [-0.3, -0.25) is 4.57 Å². The number of carbonyl (C=O) groups excluding carboxylic acids is 1. The minimum absolute atomic E-state index is 0.242. The zero-order valence-electron chi connectivity index (χ0n) is 8.17. The fourth-order valence-corrected chi connectivity index (χ4v) is 1.14. The molecule has 0 saturated heterocycles. The third kappa shape index (κ3) is 2.22. The number of aromatic nitrogens is 3. The first-order chi connectivity index (χ1) is 7.25. The van der Waals surface area contributed by atoms with E-state index in [0.717, 1.165) is 5.76 Å². The summed E-state index contributed by atoms with van der Waals surface area (Å²) < 4.78 is 6.22. The lowest BCUT2D eigenvalue weighted by Gasteiger charge is -2.01. The van der Waals surface area contributed by atoms with Gasteiger partial charge in [-0.2, -0.15) is 0 Å². The Labute approximate surface area is 85.9 Å². The van der Waals surface area contributed by atoms with Crippen molar-refractivity contribution in [1.29, 1.82) is 0 Å². The van der Waals surface area contributed by atoms with Gasteiger partial charge in [-0.25, -0.2) is 9.78 Å². The molecule has 0 fully saturated rings. The van der Waals surface area contributed by atoms with Crippen molar-refractivity contribution in [3.05, 3.63) is 36.2 Å². The Morgan fingerprint density at radius 1 is 1.67 bits per heavy atom. The number of amides is 1. The second-order valence-corrected chi connectivity index (χ2v) is 3.06. The van der Waals surface area contributed by atoms with Crippen LogP contribution >= 0.6 is 0 Å². The molecule has 0 aliphatic carbocycles. The van der Waals surface area contributed by atoms with Crippen LogP contribution in [0, 0.1) is 6.92 Å². The summed E-state index contributed by atoms with van der Waals surface area (Å²) in [5, 5.41) is 6.43. The van der Waals surface area contributed by atoms with Crippen molar-refractivity contribution in [2.24, 2.45) is 0 Å². The molecule has 0 aromatic carbocycles. The number of aryl methyl sites for hydroxylation is 1. The Balaban J connectivity index is 1.91. The van der Waals surface area contributed by atoms with Crippen LogP contribution in [0.3, 0.4) is 0 Å². The van der Waals surface area contributed by atoms with Gasteiger partial charge in [0.15, 0.2) is 0 Å². The van der Waals surface area contributed by atoms with Gasteiger partial charge in [0.05, 0.1) is 6.54 Å². The van der Waals surface area contributed by atoms with Gasteiger partial charge in [-0.05, 0) is 6.92 Å². The summed E-state index contributed by atoms with van der Waals surface area (Å²) >= 11 is 0. The van der Waals surface area contributed by atoms with E-state index in [9.17, 15) is 4.79 Å². The van der Waals surface area contributed by atoms with E-state index < -0.39 is 0 Å². The first kappa shape index (κ1) is 9.45. The van der Waals surface area contributed by atoms with Crippen molar-refractivity contribution in [2.75, 3.05) is 0 Å². The van der Waals surface area contributed by atoms with Crippen LogP contribution in [0.15, 0.2) is 29.3 Å². The summed E-state index contributed by atoms with van der Waals surface area (Å²) in [6.07, 6.45) is 4.55. The first-order valence-electron chi connectivity index (χ1n) is 4.44. The smallest absolute Gasteiger partial charge is 0.327 e. The summed E-state index contributed by atoms with van der Waals surface area (Å²) in [4.78, 5) is 15.2. The van der Waals surface area contributed by atoms with Gasteiger partial charge >= 0.3 is 6.03 Å². The van der Waals surface area contributed by atoms with E-state index in [0.29, 0.717) is 12.2 Å². The van der Waals surface area contributed by atoms with E-state index in [-0.39, 0.29) is 6.03 Å². The molecule has 0 atom stereocenters. The van der Waals surface area contributed by atoms with E-state index >= 15 is 0 Å². The van der Waals surface area contributed by atoms with E-state index in [4.69, 9.17) is 4.52 Å². The van der Waals surface area contributed by atoms with Crippen LogP contribution in [-0.2, 0) is 6.54 Å². The van der Waals surface area contributed by atoms with Gasteiger partial charge in [-0.15, -0.1) is 0 Å². The second kappa shape index (κ2) is 3.95. The van der Waals surface area contributed by atoms with Crippen LogP contribution in [0.1, 0.15) is 11.5 Å². The quantitative estimate of drug-likeness (QED) is 0.793. The maximum Gasteiger partial charge on any atom is 0.327 e. The molecule has 2 rings (SSSR count). The molecule has 2 heterocycles. The number of carbonyl (C=O) groups is 1. The van der Waals surface area contributed by atoms with Crippen LogP contribution < -0.4 is 5.32 Å². The van der Waals surface area contributed by atoms with E-state index in [1.54, 1.807) is 25.4 Å². The summed E-state index contributed by atoms with van der Waals surface area (Å²) in [7, 11) is 0.